The van der Waals surface area contributed by atoms with Crippen LogP contribution in [0.15, 0.2) is 17.3 Å². The lowest BCUT2D eigenvalue weighted by molar-refractivity contribution is 1.16. The van der Waals surface area contributed by atoms with Crippen molar-refractivity contribution in [2.24, 2.45) is 0 Å². The van der Waals surface area contributed by atoms with E-state index < -0.39 is 0 Å². The molecule has 0 atom stereocenters. The first-order chi connectivity index (χ1) is 5.83. The third kappa shape index (κ3) is 0.720. The number of aromatic nitrogens is 3. The van der Waals surface area contributed by atoms with Gasteiger partial charge in [-0.25, -0.2) is 4.98 Å². The van der Waals surface area contributed by atoms with Crippen LogP contribution in [0.4, 0.5) is 0 Å². The lowest BCUT2D eigenvalue weighted by Gasteiger charge is -1.85. The van der Waals surface area contributed by atoms with Gasteiger partial charge in [0.1, 0.15) is 17.1 Å². The largest absolute Gasteiger partial charge is 0.345 e. The molecule has 0 spiro atoms. The Bertz CT molecular complexity index is 516. The van der Waals surface area contributed by atoms with E-state index in [0.29, 0.717) is 16.6 Å². The second-order valence-electron chi connectivity index (χ2n) is 2.27. The molecule has 0 aliphatic heterocycles. The van der Waals surface area contributed by atoms with Crippen LogP contribution in [0.3, 0.4) is 0 Å². The zero-order valence-corrected chi connectivity index (χ0v) is 5.96. The fraction of sp³-hybridized carbons (Fsp3) is 0. The lowest BCUT2D eigenvalue weighted by Crippen LogP contribution is -2.05. The maximum absolute atomic E-state index is 11.2. The summed E-state index contributed by atoms with van der Waals surface area (Å²) >= 11 is 0. The Labute approximate surface area is 66.7 Å². The summed E-state index contributed by atoms with van der Waals surface area (Å²) in [6.45, 7) is 0. The van der Waals surface area contributed by atoms with E-state index in [0.717, 1.165) is 0 Å². The molecule has 0 aliphatic carbocycles. The second kappa shape index (κ2) is 2.20. The van der Waals surface area contributed by atoms with Gasteiger partial charge in [0.2, 0.25) is 0 Å². The zero-order valence-electron chi connectivity index (χ0n) is 5.96. The Hall–Kier alpha value is -2.09. The fourth-order valence-corrected chi connectivity index (χ4v) is 1.06. The monoisotopic (exact) mass is 160 g/mol. The highest BCUT2D eigenvalue weighted by molar-refractivity contribution is 5.81. The second-order valence-corrected chi connectivity index (χ2v) is 2.27. The first-order valence-electron chi connectivity index (χ1n) is 3.28. The van der Waals surface area contributed by atoms with Crippen molar-refractivity contribution < 1.29 is 0 Å². The summed E-state index contributed by atoms with van der Waals surface area (Å²) in [6, 6.07) is 1.90. The van der Waals surface area contributed by atoms with Crippen LogP contribution >= 0.6 is 0 Å². The summed E-state index contributed by atoms with van der Waals surface area (Å²) in [5.74, 6) is 0. The predicted molar refractivity (Wildman–Crippen MR) is 41.4 cm³/mol. The SMILES string of the molecule is N#Cc1c[nH]c2nc[nH]c(=O)c12. The van der Waals surface area contributed by atoms with Gasteiger partial charge in [-0.1, -0.05) is 0 Å². The first kappa shape index (κ1) is 6.61. The van der Waals surface area contributed by atoms with Gasteiger partial charge in [-0.2, -0.15) is 5.26 Å². The summed E-state index contributed by atoms with van der Waals surface area (Å²) in [5, 5.41) is 8.92. The van der Waals surface area contributed by atoms with E-state index in [-0.39, 0.29) is 5.56 Å². The minimum Gasteiger partial charge on any atom is -0.345 e. The van der Waals surface area contributed by atoms with Crippen LogP contribution in [0.5, 0.6) is 0 Å². The third-order valence-corrected chi connectivity index (χ3v) is 1.60. The van der Waals surface area contributed by atoms with Crippen molar-refractivity contribution in [3.8, 4) is 6.07 Å². The molecule has 2 aromatic rings. The Kier molecular flexibility index (Phi) is 1.21. The van der Waals surface area contributed by atoms with Crippen molar-refractivity contribution >= 4 is 11.0 Å². The van der Waals surface area contributed by atoms with Crippen LogP contribution in [0.25, 0.3) is 11.0 Å². The summed E-state index contributed by atoms with van der Waals surface area (Å²) in [5.41, 5.74) is 0.465. The number of nitrogens with zero attached hydrogens (tertiary/aromatic N) is 2. The summed E-state index contributed by atoms with van der Waals surface area (Å²) in [7, 11) is 0. The number of aromatic amines is 2. The molecule has 5 heteroatoms. The van der Waals surface area contributed by atoms with E-state index >= 15 is 0 Å². The molecule has 58 valence electrons. The number of hydrogen-bond donors (Lipinski definition) is 2. The van der Waals surface area contributed by atoms with Gasteiger partial charge in [0.15, 0.2) is 0 Å². The molecule has 0 fully saturated rings. The van der Waals surface area contributed by atoms with E-state index in [4.69, 9.17) is 5.26 Å². The van der Waals surface area contributed by atoms with Crippen molar-refractivity contribution in [3.05, 3.63) is 28.4 Å². The zero-order chi connectivity index (χ0) is 8.55. The van der Waals surface area contributed by atoms with E-state index in [9.17, 15) is 4.79 Å². The average Bonchev–Trinajstić information content (AvgIpc) is 2.49. The van der Waals surface area contributed by atoms with Crippen molar-refractivity contribution in [2.75, 3.05) is 0 Å². The van der Waals surface area contributed by atoms with Gasteiger partial charge in [0, 0.05) is 6.20 Å². The predicted octanol–water partition coefficient (Wildman–Crippen LogP) is 0.123. The van der Waals surface area contributed by atoms with Crippen LogP contribution < -0.4 is 5.56 Å². The highest BCUT2D eigenvalue weighted by Crippen LogP contribution is 2.08. The number of fused-ring (bicyclic) bond motifs is 1. The number of hydrogen-bond acceptors (Lipinski definition) is 3. The van der Waals surface area contributed by atoms with Gasteiger partial charge in [-0.3, -0.25) is 4.79 Å². The molecule has 2 N–H and O–H groups in total. The minimum atomic E-state index is -0.294. The van der Waals surface area contributed by atoms with Crippen molar-refractivity contribution in [2.45, 2.75) is 0 Å². The molecule has 0 saturated heterocycles. The van der Waals surface area contributed by atoms with Gasteiger partial charge in [-0.05, 0) is 0 Å². The maximum atomic E-state index is 11.2. The Balaban J connectivity index is 3.05. The smallest absolute Gasteiger partial charge is 0.261 e. The molecular weight excluding hydrogens is 156 g/mol. The number of nitrogens with one attached hydrogen (secondary N) is 2. The third-order valence-electron chi connectivity index (χ3n) is 1.60. The van der Waals surface area contributed by atoms with Crippen molar-refractivity contribution in [3.63, 3.8) is 0 Å². The van der Waals surface area contributed by atoms with Gasteiger partial charge in [0.05, 0.1) is 11.9 Å². The molecule has 0 saturated carbocycles. The Morgan fingerprint density at radius 1 is 1.50 bits per heavy atom. The highest BCUT2D eigenvalue weighted by Gasteiger charge is 2.06. The maximum Gasteiger partial charge on any atom is 0.261 e. The number of nitriles is 1. The molecule has 5 nitrogen and oxygen atoms in total. The highest BCUT2D eigenvalue weighted by atomic mass is 16.1. The van der Waals surface area contributed by atoms with E-state index in [2.05, 4.69) is 15.0 Å². The summed E-state index contributed by atoms with van der Waals surface area (Å²) in [6.07, 6.45) is 2.76. The van der Waals surface area contributed by atoms with Crippen molar-refractivity contribution in [1.29, 1.82) is 5.26 Å². The molecule has 0 radical (unpaired) electrons. The van der Waals surface area contributed by atoms with Gasteiger partial charge in [-0.15, -0.1) is 0 Å². The van der Waals surface area contributed by atoms with Gasteiger partial charge < -0.3 is 9.97 Å². The van der Waals surface area contributed by atoms with Crippen molar-refractivity contribution in [1.82, 2.24) is 15.0 Å². The topological polar surface area (TPSA) is 85.3 Å². The fourth-order valence-electron chi connectivity index (χ4n) is 1.06. The summed E-state index contributed by atoms with van der Waals surface area (Å²) < 4.78 is 0. The van der Waals surface area contributed by atoms with Gasteiger partial charge >= 0.3 is 0 Å². The van der Waals surface area contributed by atoms with E-state index in [1.54, 1.807) is 0 Å². The quantitative estimate of drug-likeness (QED) is 0.574. The van der Waals surface area contributed by atoms with Crippen LogP contribution in [0, 0.1) is 11.3 Å². The number of H-pyrrole nitrogens is 2. The lowest BCUT2D eigenvalue weighted by atomic mass is 10.3. The summed E-state index contributed by atoms with van der Waals surface area (Å²) in [4.78, 5) is 20.1. The molecule has 12 heavy (non-hydrogen) atoms. The van der Waals surface area contributed by atoms with E-state index in [1.807, 2.05) is 6.07 Å². The van der Waals surface area contributed by atoms with Gasteiger partial charge in [0.25, 0.3) is 5.56 Å². The van der Waals surface area contributed by atoms with Crippen LogP contribution in [0.1, 0.15) is 5.56 Å². The molecule has 2 rings (SSSR count). The molecule has 0 bridgehead atoms. The van der Waals surface area contributed by atoms with E-state index in [1.165, 1.54) is 12.5 Å². The molecule has 2 heterocycles. The Morgan fingerprint density at radius 2 is 2.33 bits per heavy atom. The normalized spacial score (nSPS) is 9.92. The standard InChI is InChI=1S/C7H4N4O/c8-1-4-2-9-6-5(4)7(12)11-3-10-6/h2-3H,(H2,9,10,11,12). The molecule has 0 unspecified atom stereocenters. The molecule has 0 amide bonds. The molecule has 0 aliphatic rings. The molecular formula is C7H4N4O. The first-order valence-corrected chi connectivity index (χ1v) is 3.28. The van der Waals surface area contributed by atoms with Crippen LogP contribution in [-0.4, -0.2) is 15.0 Å². The Morgan fingerprint density at radius 3 is 3.08 bits per heavy atom. The molecule has 2 aromatic heterocycles. The van der Waals surface area contributed by atoms with Crippen LogP contribution in [0.2, 0.25) is 0 Å². The average molecular weight is 160 g/mol. The minimum absolute atomic E-state index is 0.294. The number of rotatable bonds is 0. The molecule has 0 aromatic carbocycles. The van der Waals surface area contributed by atoms with Crippen LogP contribution in [-0.2, 0) is 0 Å².